The summed E-state index contributed by atoms with van der Waals surface area (Å²) in [6.07, 6.45) is 3.24. The second kappa shape index (κ2) is 5.10. The summed E-state index contributed by atoms with van der Waals surface area (Å²) in [6.45, 7) is 3.98. The van der Waals surface area contributed by atoms with E-state index in [4.69, 9.17) is 16.7 Å². The molecule has 1 heterocycles. The Morgan fingerprint density at radius 3 is 2.68 bits per heavy atom. The number of benzene rings is 1. The first-order valence-corrected chi connectivity index (χ1v) is 6.47. The minimum Gasteiger partial charge on any atom is -0.478 e. The Labute approximate surface area is 117 Å². The van der Waals surface area contributed by atoms with E-state index in [2.05, 4.69) is 0 Å². The number of hydrogen-bond acceptors (Lipinski definition) is 1. The van der Waals surface area contributed by atoms with E-state index in [0.717, 1.165) is 22.0 Å². The summed E-state index contributed by atoms with van der Waals surface area (Å²) in [5.74, 6) is -0.785. The van der Waals surface area contributed by atoms with Crippen LogP contribution in [0.2, 0.25) is 5.02 Å². The maximum Gasteiger partial charge on any atom is 0.328 e. The Bertz CT molecular complexity index is 668. The monoisotopic (exact) mass is 277 g/mol. The summed E-state index contributed by atoms with van der Waals surface area (Å²) in [4.78, 5) is 11.0. The van der Waals surface area contributed by atoms with Crippen LogP contribution < -0.4 is 0 Å². The predicted octanol–water partition coefficient (Wildman–Crippen LogP) is 3.96. The van der Waals surface area contributed by atoms with E-state index in [1.807, 2.05) is 49.9 Å². The Kier molecular flexibility index (Phi) is 3.67. The fourth-order valence-corrected chi connectivity index (χ4v) is 2.44. The molecular formula is C15H16ClNO2. The third-order valence-corrected chi connectivity index (χ3v) is 3.40. The lowest BCUT2D eigenvalue weighted by molar-refractivity contribution is -0.131. The van der Waals surface area contributed by atoms with Gasteiger partial charge in [0.15, 0.2) is 0 Å². The van der Waals surface area contributed by atoms with Crippen molar-refractivity contribution < 1.29 is 9.90 Å². The largest absolute Gasteiger partial charge is 0.478 e. The minimum absolute atomic E-state index is 0.136. The second-order valence-corrected chi connectivity index (χ2v) is 5.34. The van der Waals surface area contributed by atoms with Crippen molar-refractivity contribution in [3.8, 4) is 0 Å². The Balaban J connectivity index is 2.71. The van der Waals surface area contributed by atoms with Crippen molar-refractivity contribution in [2.24, 2.45) is 13.0 Å². The molecular weight excluding hydrogens is 262 g/mol. The molecule has 0 saturated heterocycles. The van der Waals surface area contributed by atoms with E-state index >= 15 is 0 Å². The van der Waals surface area contributed by atoms with Crippen molar-refractivity contribution in [1.82, 2.24) is 4.57 Å². The molecule has 0 atom stereocenters. The molecule has 0 saturated carbocycles. The first kappa shape index (κ1) is 13.7. The van der Waals surface area contributed by atoms with Gasteiger partial charge in [-0.05, 0) is 23.6 Å². The molecule has 0 aliphatic heterocycles. The van der Waals surface area contributed by atoms with Crippen molar-refractivity contribution in [1.29, 1.82) is 0 Å². The zero-order valence-corrected chi connectivity index (χ0v) is 11.9. The molecule has 0 aliphatic carbocycles. The topological polar surface area (TPSA) is 42.2 Å². The number of hydrogen-bond donors (Lipinski definition) is 1. The van der Waals surface area contributed by atoms with E-state index < -0.39 is 5.97 Å². The molecule has 1 aromatic heterocycles. The summed E-state index contributed by atoms with van der Waals surface area (Å²) in [5.41, 5.74) is 2.77. The molecule has 3 nitrogen and oxygen atoms in total. The predicted molar refractivity (Wildman–Crippen MR) is 78.4 cm³/mol. The van der Waals surface area contributed by atoms with Crippen molar-refractivity contribution in [3.05, 3.63) is 41.1 Å². The van der Waals surface area contributed by atoms with Crippen LogP contribution >= 0.6 is 11.6 Å². The molecule has 0 amide bonds. The van der Waals surface area contributed by atoms with Gasteiger partial charge in [0.05, 0.1) is 0 Å². The molecule has 0 radical (unpaired) electrons. The number of aliphatic carboxylic acids is 1. The molecule has 0 bridgehead atoms. The smallest absolute Gasteiger partial charge is 0.328 e. The Hall–Kier alpha value is -1.74. The molecule has 0 unspecified atom stereocenters. The fraction of sp³-hybridized carbons (Fsp3) is 0.267. The second-order valence-electron chi connectivity index (χ2n) is 4.91. The van der Waals surface area contributed by atoms with E-state index in [0.29, 0.717) is 5.02 Å². The van der Waals surface area contributed by atoms with Gasteiger partial charge < -0.3 is 9.67 Å². The maximum absolute atomic E-state index is 11.0. The zero-order chi connectivity index (χ0) is 14.2. The van der Waals surface area contributed by atoms with Crippen molar-refractivity contribution in [2.45, 2.75) is 13.8 Å². The Morgan fingerprint density at radius 2 is 2.11 bits per heavy atom. The number of aromatic nitrogens is 1. The van der Waals surface area contributed by atoms with Crippen LogP contribution in [0.1, 0.15) is 19.4 Å². The van der Waals surface area contributed by atoms with E-state index in [1.54, 1.807) is 0 Å². The van der Waals surface area contributed by atoms with Crippen LogP contribution in [0.5, 0.6) is 0 Å². The highest BCUT2D eigenvalue weighted by Gasteiger charge is 2.15. The van der Waals surface area contributed by atoms with Gasteiger partial charge in [-0.1, -0.05) is 31.5 Å². The third kappa shape index (κ3) is 2.66. The fourth-order valence-electron chi connectivity index (χ4n) is 2.28. The number of nitrogens with zero attached hydrogens (tertiary/aromatic N) is 1. The normalized spacial score (nSPS) is 12.4. The van der Waals surface area contributed by atoms with Gasteiger partial charge in [-0.3, -0.25) is 0 Å². The number of rotatable bonds is 3. The van der Waals surface area contributed by atoms with Crippen LogP contribution in [0.3, 0.4) is 0 Å². The van der Waals surface area contributed by atoms with Crippen LogP contribution in [0.15, 0.2) is 30.5 Å². The molecule has 19 heavy (non-hydrogen) atoms. The first-order valence-electron chi connectivity index (χ1n) is 6.09. The number of fused-ring (bicyclic) bond motifs is 1. The highest BCUT2D eigenvalue weighted by atomic mass is 35.5. The zero-order valence-electron chi connectivity index (χ0n) is 11.1. The van der Waals surface area contributed by atoms with Gasteiger partial charge in [-0.15, -0.1) is 0 Å². The number of aryl methyl sites for hydroxylation is 1. The van der Waals surface area contributed by atoms with Crippen LogP contribution in [-0.2, 0) is 11.8 Å². The molecule has 0 aliphatic rings. The van der Waals surface area contributed by atoms with Crippen molar-refractivity contribution >= 4 is 34.0 Å². The average Bonchev–Trinajstić information content (AvgIpc) is 2.63. The van der Waals surface area contributed by atoms with Crippen LogP contribution in [0.4, 0.5) is 0 Å². The van der Waals surface area contributed by atoms with Gasteiger partial charge in [0.2, 0.25) is 0 Å². The molecule has 4 heteroatoms. The van der Waals surface area contributed by atoms with Gasteiger partial charge in [0.25, 0.3) is 0 Å². The van der Waals surface area contributed by atoms with Crippen molar-refractivity contribution in [3.63, 3.8) is 0 Å². The molecule has 0 fully saturated rings. The van der Waals surface area contributed by atoms with E-state index in [1.165, 1.54) is 6.08 Å². The third-order valence-electron chi connectivity index (χ3n) is 3.16. The van der Waals surface area contributed by atoms with Gasteiger partial charge in [-0.2, -0.15) is 0 Å². The lowest BCUT2D eigenvalue weighted by atomic mass is 9.94. The summed E-state index contributed by atoms with van der Waals surface area (Å²) >= 11 is 6.00. The molecule has 100 valence electrons. The molecule has 2 rings (SSSR count). The van der Waals surface area contributed by atoms with Gasteiger partial charge in [-0.25, -0.2) is 4.79 Å². The molecule has 2 aromatic rings. The summed E-state index contributed by atoms with van der Waals surface area (Å²) in [5, 5.41) is 10.7. The standard InChI is InChI=1S/C15H16ClNO2/c1-9(2)12(7-15(18)19)13-8-17(3)14-6-10(16)4-5-11(13)14/h4-9H,1-3H3,(H,18,19)/b12-7+. The van der Waals surface area contributed by atoms with Gasteiger partial charge in [0, 0.05) is 40.8 Å². The lowest BCUT2D eigenvalue weighted by Crippen LogP contribution is -1.98. The Morgan fingerprint density at radius 1 is 1.42 bits per heavy atom. The number of carboxylic acids is 1. The molecule has 1 aromatic carbocycles. The quantitative estimate of drug-likeness (QED) is 0.863. The number of carbonyl (C=O) groups is 1. The maximum atomic E-state index is 11.0. The highest BCUT2D eigenvalue weighted by Crippen LogP contribution is 2.32. The van der Waals surface area contributed by atoms with Crippen molar-refractivity contribution in [2.75, 3.05) is 0 Å². The van der Waals surface area contributed by atoms with Crippen LogP contribution in [-0.4, -0.2) is 15.6 Å². The summed E-state index contributed by atoms with van der Waals surface area (Å²) < 4.78 is 1.97. The van der Waals surface area contributed by atoms with Gasteiger partial charge >= 0.3 is 5.97 Å². The molecule has 1 N–H and O–H groups in total. The highest BCUT2D eigenvalue weighted by molar-refractivity contribution is 6.31. The number of halogens is 1. The first-order chi connectivity index (χ1) is 8.90. The average molecular weight is 278 g/mol. The summed E-state index contributed by atoms with van der Waals surface area (Å²) in [6, 6.07) is 5.65. The van der Waals surface area contributed by atoms with E-state index in [-0.39, 0.29) is 5.92 Å². The minimum atomic E-state index is -0.922. The van der Waals surface area contributed by atoms with E-state index in [9.17, 15) is 4.79 Å². The van der Waals surface area contributed by atoms with Crippen LogP contribution in [0.25, 0.3) is 16.5 Å². The van der Waals surface area contributed by atoms with Gasteiger partial charge in [0.1, 0.15) is 0 Å². The van der Waals surface area contributed by atoms with Crippen LogP contribution in [0, 0.1) is 5.92 Å². The number of carboxylic acid groups (broad SMARTS) is 1. The number of allylic oxidation sites excluding steroid dienone is 1. The summed E-state index contributed by atoms with van der Waals surface area (Å²) in [7, 11) is 1.93. The molecule has 0 spiro atoms. The SMILES string of the molecule is CC(C)/C(=C\C(=O)O)c1cn(C)c2cc(Cl)ccc12. The lowest BCUT2D eigenvalue weighted by Gasteiger charge is -2.09.